The van der Waals surface area contributed by atoms with Crippen LogP contribution in [-0.2, 0) is 0 Å². The van der Waals surface area contributed by atoms with Crippen LogP contribution in [0, 0.1) is 18.6 Å². The van der Waals surface area contributed by atoms with Gasteiger partial charge >= 0.3 is 0 Å². The fourth-order valence-corrected chi connectivity index (χ4v) is 2.23. The number of hydrogen-bond acceptors (Lipinski definition) is 3. The van der Waals surface area contributed by atoms with Gasteiger partial charge in [-0.05, 0) is 36.2 Å². The molecule has 2 aromatic carbocycles. The summed E-state index contributed by atoms with van der Waals surface area (Å²) in [4.78, 5) is 0. The molecule has 0 fully saturated rings. The Morgan fingerprint density at radius 2 is 1.57 bits per heavy atom. The van der Waals surface area contributed by atoms with E-state index in [0.717, 1.165) is 5.56 Å². The average Bonchev–Trinajstić information content (AvgIpc) is 2.45. The van der Waals surface area contributed by atoms with Gasteiger partial charge in [-0.1, -0.05) is 6.07 Å². The highest BCUT2D eigenvalue weighted by Gasteiger charge is 2.18. The Bertz CT molecular complexity index is 639. The van der Waals surface area contributed by atoms with Crippen molar-refractivity contribution in [1.82, 2.24) is 0 Å². The third-order valence-corrected chi connectivity index (χ3v) is 3.26. The smallest absolute Gasteiger partial charge is 0.163 e. The Labute approximate surface area is 122 Å². The zero-order valence-corrected chi connectivity index (χ0v) is 12.1. The molecule has 2 aromatic rings. The summed E-state index contributed by atoms with van der Waals surface area (Å²) >= 11 is 0. The van der Waals surface area contributed by atoms with Gasteiger partial charge in [-0.2, -0.15) is 0 Å². The summed E-state index contributed by atoms with van der Waals surface area (Å²) in [6, 6.07) is 6.30. The fourth-order valence-electron chi connectivity index (χ4n) is 2.23. The minimum atomic E-state index is -0.792. The first-order valence-corrected chi connectivity index (χ1v) is 6.40. The van der Waals surface area contributed by atoms with Crippen molar-refractivity contribution in [2.75, 3.05) is 14.2 Å². The van der Waals surface area contributed by atoms with Gasteiger partial charge < -0.3 is 15.2 Å². The highest BCUT2D eigenvalue weighted by molar-refractivity contribution is 5.47. The molecule has 0 heterocycles. The van der Waals surface area contributed by atoms with E-state index in [1.807, 2.05) is 0 Å². The Balaban J connectivity index is 2.49. The molecular formula is C16H17F2NO2. The number of hydrogen-bond donors (Lipinski definition) is 1. The molecule has 3 nitrogen and oxygen atoms in total. The van der Waals surface area contributed by atoms with E-state index >= 15 is 0 Å². The Morgan fingerprint density at radius 3 is 2.14 bits per heavy atom. The molecular weight excluding hydrogens is 276 g/mol. The topological polar surface area (TPSA) is 44.5 Å². The van der Waals surface area contributed by atoms with Gasteiger partial charge in [-0.25, -0.2) is 8.78 Å². The number of methoxy groups -OCH3 is 2. The zero-order chi connectivity index (χ0) is 15.6. The number of benzene rings is 2. The molecule has 0 aliphatic rings. The van der Waals surface area contributed by atoms with Gasteiger partial charge in [-0.3, -0.25) is 0 Å². The molecule has 0 aliphatic carbocycles. The van der Waals surface area contributed by atoms with Crippen LogP contribution in [0.4, 0.5) is 8.78 Å². The third kappa shape index (κ3) is 3.13. The van der Waals surface area contributed by atoms with Gasteiger partial charge in [0.05, 0.1) is 20.3 Å². The van der Waals surface area contributed by atoms with Crippen molar-refractivity contribution in [1.29, 1.82) is 0 Å². The van der Waals surface area contributed by atoms with Gasteiger partial charge in [0.25, 0.3) is 0 Å². The molecule has 0 aliphatic heterocycles. The minimum Gasteiger partial charge on any atom is -0.493 e. The molecule has 2 rings (SSSR count). The van der Waals surface area contributed by atoms with Crippen LogP contribution >= 0.6 is 0 Å². The maximum absolute atomic E-state index is 14.2. The molecule has 21 heavy (non-hydrogen) atoms. The van der Waals surface area contributed by atoms with Crippen LogP contribution in [0.2, 0.25) is 0 Å². The van der Waals surface area contributed by atoms with Gasteiger partial charge in [0.1, 0.15) is 11.6 Å². The van der Waals surface area contributed by atoms with E-state index in [9.17, 15) is 8.78 Å². The van der Waals surface area contributed by atoms with Crippen LogP contribution in [-0.4, -0.2) is 14.2 Å². The van der Waals surface area contributed by atoms with Crippen molar-refractivity contribution in [3.05, 3.63) is 58.7 Å². The van der Waals surface area contributed by atoms with Crippen LogP contribution in [0.15, 0.2) is 30.3 Å². The lowest BCUT2D eigenvalue weighted by Gasteiger charge is -2.17. The summed E-state index contributed by atoms with van der Waals surface area (Å²) in [5, 5.41) is 0. The van der Waals surface area contributed by atoms with Crippen LogP contribution in [0.25, 0.3) is 0 Å². The standard InChI is InChI=1S/C16H17F2NO2/c1-9-4-10(6-11(17)5-9)16(19)12-7-14(20-2)15(21-3)8-13(12)18/h4-8,16H,19H2,1-3H3. The van der Waals surface area contributed by atoms with Gasteiger partial charge in [0.2, 0.25) is 0 Å². The lowest BCUT2D eigenvalue weighted by molar-refractivity contribution is 0.351. The van der Waals surface area contributed by atoms with Crippen molar-refractivity contribution in [2.45, 2.75) is 13.0 Å². The van der Waals surface area contributed by atoms with E-state index in [2.05, 4.69) is 0 Å². The first-order chi connectivity index (χ1) is 9.96. The second kappa shape index (κ2) is 6.10. The van der Waals surface area contributed by atoms with Gasteiger partial charge in [-0.15, -0.1) is 0 Å². The number of halogens is 2. The normalized spacial score (nSPS) is 12.1. The van der Waals surface area contributed by atoms with E-state index in [1.165, 1.54) is 38.5 Å². The van der Waals surface area contributed by atoms with E-state index in [0.29, 0.717) is 11.3 Å². The summed E-state index contributed by atoms with van der Waals surface area (Å²) in [6.07, 6.45) is 0. The van der Waals surface area contributed by atoms with Crippen molar-refractivity contribution in [2.24, 2.45) is 5.73 Å². The largest absolute Gasteiger partial charge is 0.493 e. The van der Waals surface area contributed by atoms with Crippen molar-refractivity contribution in [3.63, 3.8) is 0 Å². The van der Waals surface area contributed by atoms with E-state index in [1.54, 1.807) is 13.0 Å². The monoisotopic (exact) mass is 293 g/mol. The molecule has 0 bridgehead atoms. The first kappa shape index (κ1) is 15.3. The van der Waals surface area contributed by atoms with Crippen LogP contribution in [0.3, 0.4) is 0 Å². The molecule has 0 saturated carbocycles. The Kier molecular flexibility index (Phi) is 4.43. The molecule has 0 amide bonds. The average molecular weight is 293 g/mol. The third-order valence-electron chi connectivity index (χ3n) is 3.26. The summed E-state index contributed by atoms with van der Waals surface area (Å²) in [6.45, 7) is 1.75. The van der Waals surface area contributed by atoms with Crippen LogP contribution in [0.1, 0.15) is 22.7 Å². The second-order valence-corrected chi connectivity index (χ2v) is 4.77. The fraction of sp³-hybridized carbons (Fsp3) is 0.250. The molecule has 112 valence electrons. The molecule has 1 unspecified atom stereocenters. The number of aryl methyl sites for hydroxylation is 1. The summed E-state index contributed by atoms with van der Waals surface area (Å²) in [5.41, 5.74) is 7.51. The molecule has 2 N–H and O–H groups in total. The lowest BCUT2D eigenvalue weighted by Crippen LogP contribution is -2.14. The minimum absolute atomic E-state index is 0.220. The first-order valence-electron chi connectivity index (χ1n) is 6.40. The summed E-state index contributed by atoms with van der Waals surface area (Å²) < 4.78 is 37.8. The Morgan fingerprint density at radius 1 is 0.952 bits per heavy atom. The molecule has 0 saturated heterocycles. The predicted octanol–water partition coefficient (Wildman–Crippen LogP) is 3.34. The van der Waals surface area contributed by atoms with E-state index in [4.69, 9.17) is 15.2 Å². The highest BCUT2D eigenvalue weighted by atomic mass is 19.1. The maximum Gasteiger partial charge on any atom is 0.163 e. The van der Waals surface area contributed by atoms with Gasteiger partial charge in [0, 0.05) is 11.6 Å². The van der Waals surface area contributed by atoms with Crippen molar-refractivity contribution >= 4 is 0 Å². The molecule has 0 aromatic heterocycles. The number of rotatable bonds is 4. The van der Waals surface area contributed by atoms with Crippen LogP contribution in [0.5, 0.6) is 11.5 Å². The van der Waals surface area contributed by atoms with Crippen molar-refractivity contribution < 1.29 is 18.3 Å². The van der Waals surface area contributed by atoms with E-state index in [-0.39, 0.29) is 11.3 Å². The quantitative estimate of drug-likeness (QED) is 0.940. The predicted molar refractivity (Wildman–Crippen MR) is 76.7 cm³/mol. The van der Waals surface area contributed by atoms with Crippen molar-refractivity contribution in [3.8, 4) is 11.5 Å². The SMILES string of the molecule is COc1cc(F)c(C(N)c2cc(C)cc(F)c2)cc1OC. The Hall–Kier alpha value is -2.14. The number of nitrogens with two attached hydrogens (primary N) is 1. The summed E-state index contributed by atoms with van der Waals surface area (Å²) in [5.74, 6) is -0.276. The van der Waals surface area contributed by atoms with E-state index < -0.39 is 17.7 Å². The molecule has 0 spiro atoms. The van der Waals surface area contributed by atoms with Crippen LogP contribution < -0.4 is 15.2 Å². The second-order valence-electron chi connectivity index (χ2n) is 4.77. The molecule has 1 atom stereocenters. The lowest BCUT2D eigenvalue weighted by atomic mass is 9.97. The highest BCUT2D eigenvalue weighted by Crippen LogP contribution is 2.34. The summed E-state index contributed by atoms with van der Waals surface area (Å²) in [7, 11) is 2.88. The van der Waals surface area contributed by atoms with Gasteiger partial charge in [0.15, 0.2) is 11.5 Å². The molecule has 5 heteroatoms. The zero-order valence-electron chi connectivity index (χ0n) is 12.1. The maximum atomic E-state index is 14.2. The number of ether oxygens (including phenoxy) is 2. The molecule has 0 radical (unpaired) electrons.